The quantitative estimate of drug-likeness (QED) is 0.943. The summed E-state index contributed by atoms with van der Waals surface area (Å²) in [7, 11) is 1.65. The van der Waals surface area contributed by atoms with Crippen molar-refractivity contribution in [1.82, 2.24) is 9.88 Å². The summed E-state index contributed by atoms with van der Waals surface area (Å²) in [5.41, 5.74) is 2.87. The molecule has 1 N–H and O–H groups in total. The zero-order valence-corrected chi connectivity index (χ0v) is 13.8. The number of fused-ring (bicyclic) bond motifs is 2. The summed E-state index contributed by atoms with van der Waals surface area (Å²) in [6, 6.07) is 12.1. The molecule has 3 heterocycles. The van der Waals surface area contributed by atoms with Gasteiger partial charge in [0.2, 0.25) is 11.8 Å². The van der Waals surface area contributed by atoms with Gasteiger partial charge in [0, 0.05) is 24.0 Å². The van der Waals surface area contributed by atoms with E-state index < -0.39 is 0 Å². The summed E-state index contributed by atoms with van der Waals surface area (Å²) in [6.45, 7) is 2.58. The summed E-state index contributed by atoms with van der Waals surface area (Å²) in [5.74, 6) is 0.837. The van der Waals surface area contributed by atoms with Crippen LogP contribution in [0, 0.1) is 0 Å². The SMILES string of the molecule is COc1ncccc1CN1CCC2(CC1)C(=O)Nc1ccccc12. The topological polar surface area (TPSA) is 54.5 Å². The lowest BCUT2D eigenvalue weighted by molar-refractivity contribution is -0.122. The van der Waals surface area contributed by atoms with Gasteiger partial charge in [0.15, 0.2) is 0 Å². The monoisotopic (exact) mass is 323 g/mol. The van der Waals surface area contributed by atoms with Crippen molar-refractivity contribution in [3.05, 3.63) is 53.7 Å². The van der Waals surface area contributed by atoms with Crippen molar-refractivity contribution < 1.29 is 9.53 Å². The average Bonchev–Trinajstić information content (AvgIpc) is 2.89. The van der Waals surface area contributed by atoms with Gasteiger partial charge in [0.1, 0.15) is 0 Å². The van der Waals surface area contributed by atoms with E-state index in [2.05, 4.69) is 21.3 Å². The van der Waals surface area contributed by atoms with Gasteiger partial charge in [-0.25, -0.2) is 4.98 Å². The number of carbonyl (C=O) groups is 1. The number of nitrogens with one attached hydrogen (secondary N) is 1. The summed E-state index contributed by atoms with van der Waals surface area (Å²) in [5, 5.41) is 3.05. The Morgan fingerprint density at radius 1 is 1.21 bits per heavy atom. The molecule has 0 unspecified atom stereocenters. The van der Waals surface area contributed by atoms with E-state index in [1.807, 2.05) is 30.3 Å². The molecule has 24 heavy (non-hydrogen) atoms. The van der Waals surface area contributed by atoms with Gasteiger partial charge in [0.25, 0.3) is 0 Å². The van der Waals surface area contributed by atoms with Crippen molar-refractivity contribution in [3.8, 4) is 5.88 Å². The van der Waals surface area contributed by atoms with Crippen LogP contribution in [0.25, 0.3) is 0 Å². The molecule has 4 rings (SSSR count). The van der Waals surface area contributed by atoms with Gasteiger partial charge < -0.3 is 10.1 Å². The second kappa shape index (κ2) is 5.91. The third-order valence-corrected chi connectivity index (χ3v) is 5.27. The Bertz CT molecular complexity index is 767. The molecule has 5 heteroatoms. The smallest absolute Gasteiger partial charge is 0.235 e. The lowest BCUT2D eigenvalue weighted by Gasteiger charge is -2.38. The number of para-hydroxylation sites is 1. The van der Waals surface area contributed by atoms with Crippen LogP contribution < -0.4 is 10.1 Å². The molecule has 0 radical (unpaired) electrons. The Morgan fingerprint density at radius 3 is 2.79 bits per heavy atom. The number of carbonyl (C=O) groups excluding carboxylic acids is 1. The highest BCUT2D eigenvalue weighted by Gasteiger charge is 2.48. The van der Waals surface area contributed by atoms with E-state index in [1.54, 1.807) is 13.3 Å². The van der Waals surface area contributed by atoms with Gasteiger partial charge in [-0.2, -0.15) is 0 Å². The zero-order chi connectivity index (χ0) is 16.6. The van der Waals surface area contributed by atoms with Gasteiger partial charge in [-0.1, -0.05) is 24.3 Å². The molecule has 2 aliphatic rings. The maximum Gasteiger partial charge on any atom is 0.235 e. The molecular formula is C19H21N3O2. The fraction of sp³-hybridized carbons (Fsp3) is 0.368. The molecular weight excluding hydrogens is 302 g/mol. The first-order valence-corrected chi connectivity index (χ1v) is 8.34. The zero-order valence-electron chi connectivity index (χ0n) is 13.8. The lowest BCUT2D eigenvalue weighted by atomic mass is 9.73. The van der Waals surface area contributed by atoms with Crippen molar-refractivity contribution in [3.63, 3.8) is 0 Å². The maximum absolute atomic E-state index is 12.6. The van der Waals surface area contributed by atoms with Crippen molar-refractivity contribution >= 4 is 11.6 Å². The standard InChI is InChI=1S/C19H21N3O2/c1-24-17-14(5-4-10-20-17)13-22-11-8-19(9-12-22)15-6-2-3-7-16(15)21-18(19)23/h2-7,10H,8-9,11-13H2,1H3,(H,21,23). The predicted molar refractivity (Wildman–Crippen MR) is 92.0 cm³/mol. The number of benzene rings is 1. The minimum absolute atomic E-state index is 0.155. The highest BCUT2D eigenvalue weighted by atomic mass is 16.5. The minimum atomic E-state index is -0.355. The third kappa shape index (κ3) is 2.36. The minimum Gasteiger partial charge on any atom is -0.481 e. The number of aromatic nitrogens is 1. The first-order valence-electron chi connectivity index (χ1n) is 8.34. The number of piperidine rings is 1. The van der Waals surface area contributed by atoms with E-state index >= 15 is 0 Å². The number of hydrogen-bond donors (Lipinski definition) is 1. The first kappa shape index (κ1) is 15.1. The van der Waals surface area contributed by atoms with Crippen LogP contribution >= 0.6 is 0 Å². The van der Waals surface area contributed by atoms with E-state index in [9.17, 15) is 4.79 Å². The highest BCUT2D eigenvalue weighted by molar-refractivity contribution is 6.06. The van der Waals surface area contributed by atoms with Crippen LogP contribution in [0.1, 0.15) is 24.0 Å². The van der Waals surface area contributed by atoms with Gasteiger partial charge in [0.05, 0.1) is 12.5 Å². The molecule has 2 aliphatic heterocycles. The number of ether oxygens (including phenoxy) is 1. The van der Waals surface area contributed by atoms with Gasteiger partial charge >= 0.3 is 0 Å². The number of pyridine rings is 1. The number of rotatable bonds is 3. The fourth-order valence-electron chi connectivity index (χ4n) is 3.93. The van der Waals surface area contributed by atoms with Crippen molar-refractivity contribution in [1.29, 1.82) is 0 Å². The first-order chi connectivity index (χ1) is 11.7. The highest BCUT2D eigenvalue weighted by Crippen LogP contribution is 2.44. The molecule has 1 aromatic heterocycles. The third-order valence-electron chi connectivity index (χ3n) is 5.27. The number of anilines is 1. The summed E-state index contributed by atoms with van der Waals surface area (Å²) >= 11 is 0. The molecule has 0 atom stereocenters. The largest absolute Gasteiger partial charge is 0.481 e. The van der Waals surface area contributed by atoms with Crippen molar-refractivity contribution in [2.24, 2.45) is 0 Å². The van der Waals surface area contributed by atoms with Crippen LogP contribution in [0.3, 0.4) is 0 Å². The normalized spacial score (nSPS) is 19.1. The molecule has 1 amide bonds. The van der Waals surface area contributed by atoms with Crippen LogP contribution in [-0.4, -0.2) is 36.0 Å². The summed E-state index contributed by atoms with van der Waals surface area (Å²) in [6.07, 6.45) is 3.43. The molecule has 0 saturated carbocycles. The Kier molecular flexibility index (Phi) is 3.73. The second-order valence-corrected chi connectivity index (χ2v) is 6.53. The van der Waals surface area contributed by atoms with Gasteiger partial charge in [-0.05, 0) is 43.6 Å². The van der Waals surface area contributed by atoms with Crippen LogP contribution in [-0.2, 0) is 16.8 Å². The van der Waals surface area contributed by atoms with E-state index in [1.165, 1.54) is 0 Å². The number of likely N-dealkylation sites (tertiary alicyclic amines) is 1. The van der Waals surface area contributed by atoms with Gasteiger partial charge in [-0.15, -0.1) is 0 Å². The molecule has 1 saturated heterocycles. The fourth-order valence-corrected chi connectivity index (χ4v) is 3.93. The molecule has 0 aliphatic carbocycles. The molecule has 2 aromatic rings. The Morgan fingerprint density at radius 2 is 2.00 bits per heavy atom. The van der Waals surface area contributed by atoms with E-state index in [-0.39, 0.29) is 11.3 Å². The summed E-state index contributed by atoms with van der Waals surface area (Å²) < 4.78 is 5.34. The number of nitrogens with zero attached hydrogens (tertiary/aromatic N) is 2. The second-order valence-electron chi connectivity index (χ2n) is 6.53. The van der Waals surface area contributed by atoms with E-state index in [0.717, 1.165) is 49.3 Å². The van der Waals surface area contributed by atoms with Crippen molar-refractivity contribution in [2.45, 2.75) is 24.8 Å². The van der Waals surface area contributed by atoms with E-state index in [4.69, 9.17) is 4.74 Å². The molecule has 1 spiro atoms. The van der Waals surface area contributed by atoms with E-state index in [0.29, 0.717) is 5.88 Å². The Labute approximate surface area is 141 Å². The molecule has 1 aromatic carbocycles. The molecule has 0 bridgehead atoms. The van der Waals surface area contributed by atoms with Crippen molar-refractivity contribution in [2.75, 3.05) is 25.5 Å². The Balaban J connectivity index is 1.50. The number of methoxy groups -OCH3 is 1. The summed E-state index contributed by atoms with van der Waals surface area (Å²) in [4.78, 5) is 19.3. The Hall–Kier alpha value is -2.40. The van der Waals surface area contributed by atoms with Crippen LogP contribution in [0.4, 0.5) is 5.69 Å². The number of hydrogen-bond acceptors (Lipinski definition) is 4. The molecule has 5 nitrogen and oxygen atoms in total. The van der Waals surface area contributed by atoms with Crippen LogP contribution in [0.5, 0.6) is 5.88 Å². The maximum atomic E-state index is 12.6. The van der Waals surface area contributed by atoms with Crippen LogP contribution in [0.2, 0.25) is 0 Å². The van der Waals surface area contributed by atoms with Gasteiger partial charge in [-0.3, -0.25) is 9.69 Å². The molecule has 124 valence electrons. The predicted octanol–water partition coefficient (Wildman–Crippen LogP) is 2.58. The molecule has 1 fully saturated rings. The number of amides is 1. The average molecular weight is 323 g/mol. The lowest BCUT2D eigenvalue weighted by Crippen LogP contribution is -2.46. The van der Waals surface area contributed by atoms with Crippen LogP contribution in [0.15, 0.2) is 42.6 Å².